The number of nitrogens with one attached hydrogen (secondary N) is 2. The quantitative estimate of drug-likeness (QED) is 0.727. The van der Waals surface area contributed by atoms with Crippen molar-refractivity contribution < 1.29 is 18.7 Å². The maximum absolute atomic E-state index is 13.6. The lowest BCUT2D eigenvalue weighted by Crippen LogP contribution is -2.29. The first kappa shape index (κ1) is 18.3. The van der Waals surface area contributed by atoms with Gasteiger partial charge in [-0.3, -0.25) is 4.79 Å². The molecule has 2 aromatic rings. The van der Waals surface area contributed by atoms with Crippen molar-refractivity contribution in [3.05, 3.63) is 35.9 Å². The van der Waals surface area contributed by atoms with Crippen LogP contribution in [0.15, 0.2) is 24.4 Å². The van der Waals surface area contributed by atoms with E-state index in [1.54, 1.807) is 18.0 Å². The van der Waals surface area contributed by atoms with Crippen molar-refractivity contribution in [2.24, 2.45) is 0 Å². The first-order chi connectivity index (χ1) is 12.7. The standard InChI is InChI=1S/C17H22FN5O3/c1-25-8-9-26-16-3-2-12(18)10-14(16)20-17(24)15-11-23(22-21-15)13-4-6-19-7-5-13/h2-3,10-11,13,19H,4-9H2,1H3,(H,20,24). The minimum atomic E-state index is -0.474. The summed E-state index contributed by atoms with van der Waals surface area (Å²) in [5.41, 5.74) is 0.415. The monoisotopic (exact) mass is 363 g/mol. The number of piperidine rings is 1. The zero-order chi connectivity index (χ0) is 18.4. The molecule has 8 nitrogen and oxygen atoms in total. The zero-order valence-corrected chi connectivity index (χ0v) is 14.6. The Balaban J connectivity index is 1.69. The Bertz CT molecular complexity index is 746. The van der Waals surface area contributed by atoms with Gasteiger partial charge in [0.2, 0.25) is 0 Å². The Kier molecular flexibility index (Phi) is 6.13. The zero-order valence-electron chi connectivity index (χ0n) is 14.6. The lowest BCUT2D eigenvalue weighted by Gasteiger charge is -2.22. The summed E-state index contributed by atoms with van der Waals surface area (Å²) >= 11 is 0. The number of ether oxygens (including phenoxy) is 2. The average Bonchev–Trinajstić information content (AvgIpc) is 3.15. The van der Waals surface area contributed by atoms with Gasteiger partial charge in [-0.2, -0.15) is 0 Å². The highest BCUT2D eigenvalue weighted by molar-refractivity contribution is 6.03. The highest BCUT2D eigenvalue weighted by Gasteiger charge is 2.19. The molecule has 9 heteroatoms. The van der Waals surface area contributed by atoms with Gasteiger partial charge in [-0.25, -0.2) is 9.07 Å². The van der Waals surface area contributed by atoms with Crippen LogP contribution in [0.2, 0.25) is 0 Å². The topological polar surface area (TPSA) is 90.3 Å². The average molecular weight is 363 g/mol. The van der Waals surface area contributed by atoms with Crippen LogP contribution < -0.4 is 15.4 Å². The van der Waals surface area contributed by atoms with Crippen molar-refractivity contribution >= 4 is 11.6 Å². The molecule has 140 valence electrons. The fraction of sp³-hybridized carbons (Fsp3) is 0.471. The van der Waals surface area contributed by atoms with Crippen molar-refractivity contribution in [2.45, 2.75) is 18.9 Å². The number of rotatable bonds is 7. The van der Waals surface area contributed by atoms with Crippen LogP contribution in [-0.4, -0.2) is 54.3 Å². The second-order valence-electron chi connectivity index (χ2n) is 6.00. The van der Waals surface area contributed by atoms with E-state index < -0.39 is 11.7 Å². The maximum Gasteiger partial charge on any atom is 0.277 e. The minimum absolute atomic E-state index is 0.177. The molecule has 1 aliphatic rings. The fourth-order valence-electron chi connectivity index (χ4n) is 2.78. The SMILES string of the molecule is COCCOc1ccc(F)cc1NC(=O)c1cn(C2CCNCC2)nn1. The van der Waals surface area contributed by atoms with Crippen molar-refractivity contribution in [2.75, 3.05) is 38.7 Å². The molecule has 0 bridgehead atoms. The van der Waals surface area contributed by atoms with Crippen LogP contribution in [0.4, 0.5) is 10.1 Å². The van der Waals surface area contributed by atoms with Gasteiger partial charge >= 0.3 is 0 Å². The number of halogens is 1. The lowest BCUT2D eigenvalue weighted by atomic mass is 10.1. The Morgan fingerprint density at radius 1 is 1.38 bits per heavy atom. The molecule has 1 aromatic carbocycles. The van der Waals surface area contributed by atoms with Gasteiger partial charge in [-0.1, -0.05) is 5.21 Å². The van der Waals surface area contributed by atoms with Gasteiger partial charge in [0.25, 0.3) is 5.91 Å². The van der Waals surface area contributed by atoms with E-state index in [4.69, 9.17) is 9.47 Å². The Labute approximate surface area is 150 Å². The third-order valence-corrected chi connectivity index (χ3v) is 4.16. The third kappa shape index (κ3) is 4.55. The lowest BCUT2D eigenvalue weighted by molar-refractivity contribution is 0.102. The van der Waals surface area contributed by atoms with Crippen LogP contribution in [-0.2, 0) is 4.74 Å². The minimum Gasteiger partial charge on any atom is -0.489 e. The molecule has 0 saturated carbocycles. The number of anilines is 1. The van der Waals surface area contributed by atoms with Gasteiger partial charge in [0.1, 0.15) is 18.2 Å². The Morgan fingerprint density at radius 2 is 2.19 bits per heavy atom. The summed E-state index contributed by atoms with van der Waals surface area (Å²) in [6, 6.07) is 4.17. The van der Waals surface area contributed by atoms with Crippen LogP contribution in [0.5, 0.6) is 5.75 Å². The summed E-state index contributed by atoms with van der Waals surface area (Å²) < 4.78 is 25.7. The van der Waals surface area contributed by atoms with Gasteiger partial charge in [-0.15, -0.1) is 5.10 Å². The van der Waals surface area contributed by atoms with Crippen LogP contribution >= 0.6 is 0 Å². The molecular formula is C17H22FN5O3. The number of carbonyl (C=O) groups is 1. The molecule has 26 heavy (non-hydrogen) atoms. The molecule has 0 atom stereocenters. The highest BCUT2D eigenvalue weighted by Crippen LogP contribution is 2.26. The third-order valence-electron chi connectivity index (χ3n) is 4.16. The number of hydrogen-bond donors (Lipinski definition) is 2. The molecule has 2 N–H and O–H groups in total. The predicted octanol–water partition coefficient (Wildman–Crippen LogP) is 1.62. The molecular weight excluding hydrogens is 341 g/mol. The first-order valence-corrected chi connectivity index (χ1v) is 8.52. The summed E-state index contributed by atoms with van der Waals surface area (Å²) in [6.45, 7) is 2.50. The van der Waals surface area contributed by atoms with E-state index in [1.165, 1.54) is 18.2 Å². The van der Waals surface area contributed by atoms with E-state index in [2.05, 4.69) is 20.9 Å². The van der Waals surface area contributed by atoms with Crippen LogP contribution in [0.3, 0.4) is 0 Å². The van der Waals surface area contributed by atoms with Gasteiger partial charge in [0, 0.05) is 13.2 Å². The molecule has 1 aromatic heterocycles. The first-order valence-electron chi connectivity index (χ1n) is 8.52. The van der Waals surface area contributed by atoms with Crippen molar-refractivity contribution in [1.82, 2.24) is 20.3 Å². The van der Waals surface area contributed by atoms with E-state index >= 15 is 0 Å². The number of benzene rings is 1. The van der Waals surface area contributed by atoms with Crippen molar-refractivity contribution in [3.63, 3.8) is 0 Å². The molecule has 0 aliphatic carbocycles. The van der Waals surface area contributed by atoms with Gasteiger partial charge in [0.05, 0.1) is 24.5 Å². The largest absolute Gasteiger partial charge is 0.489 e. The Morgan fingerprint density at radius 3 is 2.96 bits per heavy atom. The summed E-state index contributed by atoms with van der Waals surface area (Å²) in [4.78, 5) is 12.5. The predicted molar refractivity (Wildman–Crippen MR) is 92.9 cm³/mol. The summed E-state index contributed by atoms with van der Waals surface area (Å²) in [6.07, 6.45) is 3.49. The van der Waals surface area contributed by atoms with Crippen molar-refractivity contribution in [1.29, 1.82) is 0 Å². The maximum atomic E-state index is 13.6. The number of aromatic nitrogens is 3. The second-order valence-corrected chi connectivity index (χ2v) is 6.00. The van der Waals surface area contributed by atoms with Gasteiger partial charge in [0.15, 0.2) is 5.69 Å². The van der Waals surface area contributed by atoms with Crippen LogP contribution in [0, 0.1) is 5.82 Å². The molecule has 1 amide bonds. The second kappa shape index (κ2) is 8.72. The van der Waals surface area contributed by atoms with E-state index in [0.717, 1.165) is 25.9 Å². The molecule has 2 heterocycles. The normalized spacial score (nSPS) is 15.0. The van der Waals surface area contributed by atoms with Gasteiger partial charge in [-0.05, 0) is 38.1 Å². The van der Waals surface area contributed by atoms with E-state index in [1.807, 2.05) is 0 Å². The fourth-order valence-corrected chi connectivity index (χ4v) is 2.78. The number of hydrogen-bond acceptors (Lipinski definition) is 6. The van der Waals surface area contributed by atoms with Crippen LogP contribution in [0.1, 0.15) is 29.4 Å². The van der Waals surface area contributed by atoms with E-state index in [9.17, 15) is 9.18 Å². The molecule has 0 unspecified atom stereocenters. The molecule has 1 fully saturated rings. The number of methoxy groups -OCH3 is 1. The summed E-state index contributed by atoms with van der Waals surface area (Å²) in [5, 5.41) is 13.9. The molecule has 3 rings (SSSR count). The van der Waals surface area contributed by atoms with Crippen molar-refractivity contribution in [3.8, 4) is 5.75 Å². The Hall–Kier alpha value is -2.52. The molecule has 0 radical (unpaired) electrons. The molecule has 0 spiro atoms. The number of nitrogens with zero attached hydrogens (tertiary/aromatic N) is 3. The number of carbonyl (C=O) groups excluding carboxylic acids is 1. The molecule has 1 saturated heterocycles. The smallest absolute Gasteiger partial charge is 0.277 e. The van der Waals surface area contributed by atoms with Crippen LogP contribution in [0.25, 0.3) is 0 Å². The highest BCUT2D eigenvalue weighted by atomic mass is 19.1. The molecule has 1 aliphatic heterocycles. The van der Waals surface area contributed by atoms with E-state index in [-0.39, 0.29) is 24.0 Å². The van der Waals surface area contributed by atoms with E-state index in [0.29, 0.717) is 12.4 Å². The summed E-state index contributed by atoms with van der Waals surface area (Å²) in [7, 11) is 1.56. The summed E-state index contributed by atoms with van der Waals surface area (Å²) in [5.74, 6) is -0.576. The number of amides is 1. The van der Waals surface area contributed by atoms with Gasteiger partial charge < -0.3 is 20.1 Å².